The Morgan fingerprint density at radius 2 is 1.85 bits per heavy atom. The van der Waals surface area contributed by atoms with E-state index in [0.29, 0.717) is 12.5 Å². The molecular weight excluding hydrogens is 346 g/mol. The van der Waals surface area contributed by atoms with Crippen LogP contribution in [0.15, 0.2) is 42.5 Å². The zero-order valence-corrected chi connectivity index (χ0v) is 16.2. The number of carbonyl (C=O) groups excluding carboxylic acids is 1. The lowest BCUT2D eigenvalue weighted by Gasteiger charge is -2.31. The van der Waals surface area contributed by atoms with Crippen LogP contribution in [0.1, 0.15) is 35.7 Å². The number of piperidine rings is 1. The van der Waals surface area contributed by atoms with Gasteiger partial charge in [-0.15, -0.1) is 0 Å². The predicted octanol–water partition coefficient (Wildman–Crippen LogP) is 3.59. The van der Waals surface area contributed by atoms with Crippen LogP contribution in [0.3, 0.4) is 0 Å². The van der Waals surface area contributed by atoms with Gasteiger partial charge in [0.25, 0.3) is 0 Å². The summed E-state index contributed by atoms with van der Waals surface area (Å²) in [5, 5.41) is 0.759. The van der Waals surface area contributed by atoms with Gasteiger partial charge in [-0.1, -0.05) is 29.8 Å². The van der Waals surface area contributed by atoms with Gasteiger partial charge in [0, 0.05) is 42.8 Å². The van der Waals surface area contributed by atoms with Crippen LogP contribution in [-0.2, 0) is 11.2 Å². The van der Waals surface area contributed by atoms with Crippen LogP contribution in [0.5, 0.6) is 0 Å². The summed E-state index contributed by atoms with van der Waals surface area (Å²) in [5.74, 6) is 0.650. The molecule has 0 unspecified atom stereocenters. The molecule has 0 N–H and O–H groups in total. The predicted molar refractivity (Wildman–Crippen MR) is 106 cm³/mol. The molecular formula is C21H26ClN3O. The second-order valence-corrected chi connectivity index (χ2v) is 7.63. The Morgan fingerprint density at radius 1 is 1.15 bits per heavy atom. The molecule has 0 spiro atoms. The number of likely N-dealkylation sites (tertiary alicyclic amines) is 1. The molecule has 3 rings (SSSR count). The van der Waals surface area contributed by atoms with Gasteiger partial charge in [0.05, 0.1) is 6.54 Å². The molecule has 0 bridgehead atoms. The first-order chi connectivity index (χ1) is 12.5. The van der Waals surface area contributed by atoms with Crippen molar-refractivity contribution in [3.63, 3.8) is 0 Å². The lowest BCUT2D eigenvalue weighted by atomic mass is 9.92. The molecule has 1 aromatic heterocycles. The van der Waals surface area contributed by atoms with E-state index in [2.05, 4.69) is 35.2 Å². The minimum Gasteiger partial charge on any atom is -0.348 e. The molecule has 0 saturated carbocycles. The molecule has 1 amide bonds. The van der Waals surface area contributed by atoms with Gasteiger partial charge in [-0.3, -0.25) is 14.7 Å². The molecule has 138 valence electrons. The third kappa shape index (κ3) is 5.05. The van der Waals surface area contributed by atoms with Crippen LogP contribution < -0.4 is 0 Å². The zero-order chi connectivity index (χ0) is 18.5. The highest BCUT2D eigenvalue weighted by Gasteiger charge is 2.23. The van der Waals surface area contributed by atoms with E-state index in [1.807, 2.05) is 26.2 Å². The summed E-state index contributed by atoms with van der Waals surface area (Å²) in [5.41, 5.74) is 3.49. The summed E-state index contributed by atoms with van der Waals surface area (Å²) in [6.45, 7) is 2.42. The third-order valence-corrected chi connectivity index (χ3v) is 5.24. The smallest absolute Gasteiger partial charge is 0.236 e. The van der Waals surface area contributed by atoms with Gasteiger partial charge in [0.1, 0.15) is 0 Å². The van der Waals surface area contributed by atoms with E-state index in [1.54, 1.807) is 4.90 Å². The molecule has 5 heteroatoms. The Labute approximate surface area is 160 Å². The highest BCUT2D eigenvalue weighted by atomic mass is 35.5. The Kier molecular flexibility index (Phi) is 6.28. The molecule has 1 aromatic carbocycles. The number of rotatable bonds is 5. The number of carbonyl (C=O) groups is 1. The summed E-state index contributed by atoms with van der Waals surface area (Å²) in [6, 6.07) is 14.3. The molecule has 1 saturated heterocycles. The fourth-order valence-electron chi connectivity index (χ4n) is 3.35. The summed E-state index contributed by atoms with van der Waals surface area (Å²) in [7, 11) is 3.62. The topological polar surface area (TPSA) is 36.4 Å². The van der Waals surface area contributed by atoms with Crippen LogP contribution >= 0.6 is 11.6 Å². The first-order valence-corrected chi connectivity index (χ1v) is 9.52. The lowest BCUT2D eigenvalue weighted by molar-refractivity contribution is -0.130. The summed E-state index contributed by atoms with van der Waals surface area (Å²) < 4.78 is 0. The van der Waals surface area contributed by atoms with Crippen LogP contribution in [0.25, 0.3) is 0 Å². The highest BCUT2D eigenvalue weighted by molar-refractivity contribution is 6.30. The van der Waals surface area contributed by atoms with E-state index in [0.717, 1.165) is 43.1 Å². The van der Waals surface area contributed by atoms with E-state index in [9.17, 15) is 4.79 Å². The molecule has 0 aliphatic carbocycles. The molecule has 26 heavy (non-hydrogen) atoms. The third-order valence-electron chi connectivity index (χ3n) is 4.99. The molecule has 0 atom stereocenters. The van der Waals surface area contributed by atoms with E-state index in [-0.39, 0.29) is 5.91 Å². The van der Waals surface area contributed by atoms with Gasteiger partial charge >= 0.3 is 0 Å². The van der Waals surface area contributed by atoms with Crippen molar-refractivity contribution in [1.82, 2.24) is 14.8 Å². The maximum Gasteiger partial charge on any atom is 0.236 e. The van der Waals surface area contributed by atoms with Crippen LogP contribution in [0, 0.1) is 0 Å². The molecule has 2 heterocycles. The Balaban J connectivity index is 1.59. The van der Waals surface area contributed by atoms with E-state index in [4.69, 9.17) is 16.6 Å². The molecule has 1 fully saturated rings. The van der Waals surface area contributed by atoms with Crippen molar-refractivity contribution in [2.45, 2.75) is 25.2 Å². The quantitative estimate of drug-likeness (QED) is 0.805. The molecule has 1 aliphatic heterocycles. The van der Waals surface area contributed by atoms with Gasteiger partial charge in [-0.25, -0.2) is 0 Å². The van der Waals surface area contributed by atoms with Crippen molar-refractivity contribution in [3.05, 3.63) is 64.4 Å². The fourth-order valence-corrected chi connectivity index (χ4v) is 3.48. The van der Waals surface area contributed by atoms with Gasteiger partial charge in [0.15, 0.2) is 0 Å². The minimum absolute atomic E-state index is 0.173. The van der Waals surface area contributed by atoms with Crippen molar-refractivity contribution in [2.24, 2.45) is 0 Å². The van der Waals surface area contributed by atoms with Crippen molar-refractivity contribution in [3.8, 4) is 0 Å². The van der Waals surface area contributed by atoms with Gasteiger partial charge in [-0.2, -0.15) is 0 Å². The normalized spacial score (nSPS) is 15.8. The highest BCUT2D eigenvalue weighted by Crippen LogP contribution is 2.27. The number of pyridine rings is 1. The van der Waals surface area contributed by atoms with Crippen LogP contribution in [0.4, 0.5) is 0 Å². The van der Waals surface area contributed by atoms with E-state index in [1.165, 1.54) is 11.3 Å². The Morgan fingerprint density at radius 3 is 2.50 bits per heavy atom. The summed E-state index contributed by atoms with van der Waals surface area (Å²) in [6.07, 6.45) is 2.93. The first-order valence-electron chi connectivity index (χ1n) is 9.14. The SMILES string of the molecule is CN(C)C(=O)CN1CCC(c2cccc(Cc3ccc(Cl)cc3)n2)CC1. The number of hydrogen-bond donors (Lipinski definition) is 0. The molecule has 0 radical (unpaired) electrons. The number of amides is 1. The number of benzene rings is 1. The van der Waals surface area contributed by atoms with Gasteiger partial charge in [-0.05, 0) is 55.8 Å². The van der Waals surface area contributed by atoms with Crippen molar-refractivity contribution in [2.75, 3.05) is 33.7 Å². The first kappa shape index (κ1) is 18.9. The van der Waals surface area contributed by atoms with Crippen molar-refractivity contribution >= 4 is 17.5 Å². The number of nitrogens with zero attached hydrogens (tertiary/aromatic N) is 3. The second kappa shape index (κ2) is 8.65. The Hall–Kier alpha value is -1.91. The lowest BCUT2D eigenvalue weighted by Crippen LogP contribution is -2.40. The standard InChI is InChI=1S/C21H26ClN3O/c1-24(2)21(26)15-25-12-10-17(11-13-25)20-5-3-4-19(23-20)14-16-6-8-18(22)9-7-16/h3-9,17H,10-15H2,1-2H3. The number of hydrogen-bond acceptors (Lipinski definition) is 3. The fraction of sp³-hybridized carbons (Fsp3) is 0.429. The average Bonchev–Trinajstić information content (AvgIpc) is 2.64. The number of likely N-dealkylation sites (N-methyl/N-ethyl adjacent to an activating group) is 1. The van der Waals surface area contributed by atoms with E-state index >= 15 is 0 Å². The van der Waals surface area contributed by atoms with Gasteiger partial charge < -0.3 is 4.90 Å². The minimum atomic E-state index is 0.173. The summed E-state index contributed by atoms with van der Waals surface area (Å²) >= 11 is 5.96. The van der Waals surface area contributed by atoms with Crippen molar-refractivity contribution in [1.29, 1.82) is 0 Å². The molecule has 1 aliphatic rings. The molecule has 2 aromatic rings. The van der Waals surface area contributed by atoms with Crippen LogP contribution in [0.2, 0.25) is 5.02 Å². The molecule has 4 nitrogen and oxygen atoms in total. The maximum atomic E-state index is 11.9. The van der Waals surface area contributed by atoms with Crippen LogP contribution in [-0.4, -0.2) is 54.4 Å². The Bertz CT molecular complexity index is 737. The van der Waals surface area contributed by atoms with E-state index < -0.39 is 0 Å². The van der Waals surface area contributed by atoms with Gasteiger partial charge in [0.2, 0.25) is 5.91 Å². The number of halogens is 1. The number of aromatic nitrogens is 1. The van der Waals surface area contributed by atoms with Crippen molar-refractivity contribution < 1.29 is 4.79 Å². The second-order valence-electron chi connectivity index (χ2n) is 7.20. The zero-order valence-electron chi connectivity index (χ0n) is 15.5. The monoisotopic (exact) mass is 371 g/mol. The summed E-state index contributed by atoms with van der Waals surface area (Å²) in [4.78, 5) is 20.7. The maximum absolute atomic E-state index is 11.9. The largest absolute Gasteiger partial charge is 0.348 e. The average molecular weight is 372 g/mol.